The number of halogens is 2. The molecule has 0 radical (unpaired) electrons. The van der Waals surface area contributed by atoms with Crippen molar-refractivity contribution in [2.24, 2.45) is 4.99 Å². The highest BCUT2D eigenvalue weighted by atomic mass is 35.5. The number of amides is 1. The van der Waals surface area contributed by atoms with Crippen LogP contribution in [-0.4, -0.2) is 18.2 Å². The Morgan fingerprint density at radius 2 is 1.79 bits per heavy atom. The summed E-state index contributed by atoms with van der Waals surface area (Å²) in [5.41, 5.74) is 3.47. The van der Waals surface area contributed by atoms with E-state index in [9.17, 15) is 9.18 Å². The normalized spacial score (nSPS) is 15.6. The molecule has 0 atom stereocenters. The number of thioether (sulfide) groups is 1. The van der Waals surface area contributed by atoms with E-state index in [0.717, 1.165) is 17.7 Å². The third-order valence-electron chi connectivity index (χ3n) is 5.07. The predicted octanol–water partition coefficient (Wildman–Crippen LogP) is 6.52. The SMILES string of the molecule is CCc1ccc(N=C2NC(=O)/C(=C/c3cc(Cl)c(OCc4ccc(F)cc4)c(OC)c3)S2)cc1. The van der Waals surface area contributed by atoms with Crippen LogP contribution in [0, 0.1) is 5.82 Å². The van der Waals surface area contributed by atoms with Crippen LogP contribution in [0.5, 0.6) is 11.5 Å². The van der Waals surface area contributed by atoms with Gasteiger partial charge in [-0.2, -0.15) is 0 Å². The van der Waals surface area contributed by atoms with E-state index in [1.807, 2.05) is 24.3 Å². The standard InChI is InChI=1S/C26H22ClFN2O3S/c1-3-16-6-10-20(11-7-16)29-26-30-25(31)23(34-26)14-18-12-21(27)24(22(13-18)32-2)33-15-17-4-8-19(28)9-5-17/h4-14H,3,15H2,1-2H3,(H,29,30,31)/b23-14-. The lowest BCUT2D eigenvalue weighted by Gasteiger charge is -2.13. The van der Waals surface area contributed by atoms with Gasteiger partial charge in [-0.3, -0.25) is 4.79 Å². The van der Waals surface area contributed by atoms with E-state index in [1.165, 1.54) is 36.6 Å². The molecule has 1 heterocycles. The molecular weight excluding hydrogens is 475 g/mol. The summed E-state index contributed by atoms with van der Waals surface area (Å²) in [4.78, 5) is 17.5. The second kappa shape index (κ2) is 10.8. The highest BCUT2D eigenvalue weighted by Crippen LogP contribution is 2.38. The van der Waals surface area contributed by atoms with E-state index in [4.69, 9.17) is 21.1 Å². The first-order valence-corrected chi connectivity index (χ1v) is 11.8. The molecule has 0 spiro atoms. The summed E-state index contributed by atoms with van der Waals surface area (Å²) in [6, 6.07) is 17.4. The number of methoxy groups -OCH3 is 1. The van der Waals surface area contributed by atoms with Gasteiger partial charge in [-0.25, -0.2) is 9.38 Å². The highest BCUT2D eigenvalue weighted by molar-refractivity contribution is 8.18. The number of nitrogens with zero attached hydrogens (tertiary/aromatic N) is 1. The highest BCUT2D eigenvalue weighted by Gasteiger charge is 2.24. The summed E-state index contributed by atoms with van der Waals surface area (Å²) in [6.45, 7) is 2.30. The van der Waals surface area contributed by atoms with Crippen LogP contribution in [0.1, 0.15) is 23.6 Å². The largest absolute Gasteiger partial charge is 0.493 e. The average molecular weight is 497 g/mol. The molecular formula is C26H22ClFN2O3S. The third-order valence-corrected chi connectivity index (χ3v) is 6.26. The van der Waals surface area contributed by atoms with Crippen molar-refractivity contribution in [2.75, 3.05) is 7.11 Å². The summed E-state index contributed by atoms with van der Waals surface area (Å²) in [5.74, 6) is 0.251. The van der Waals surface area contributed by atoms with Crippen LogP contribution in [0.2, 0.25) is 5.02 Å². The van der Waals surface area contributed by atoms with Gasteiger partial charge in [0.15, 0.2) is 16.7 Å². The van der Waals surface area contributed by atoms with Crippen molar-refractivity contribution in [2.45, 2.75) is 20.0 Å². The van der Waals surface area contributed by atoms with Crippen LogP contribution in [-0.2, 0) is 17.8 Å². The van der Waals surface area contributed by atoms with Gasteiger partial charge in [0.1, 0.15) is 12.4 Å². The lowest BCUT2D eigenvalue weighted by atomic mass is 10.1. The van der Waals surface area contributed by atoms with Gasteiger partial charge in [0, 0.05) is 0 Å². The fourth-order valence-corrected chi connectivity index (χ4v) is 4.37. The zero-order chi connectivity index (χ0) is 24.1. The van der Waals surface area contributed by atoms with Gasteiger partial charge in [0.25, 0.3) is 5.91 Å². The second-order valence-corrected chi connectivity index (χ2v) is 8.89. The molecule has 0 unspecified atom stereocenters. The van der Waals surface area contributed by atoms with E-state index >= 15 is 0 Å². The average Bonchev–Trinajstić information content (AvgIpc) is 3.17. The lowest BCUT2D eigenvalue weighted by molar-refractivity contribution is -0.115. The fourth-order valence-electron chi connectivity index (χ4n) is 3.25. The van der Waals surface area contributed by atoms with Gasteiger partial charge in [-0.15, -0.1) is 0 Å². The van der Waals surface area contributed by atoms with Crippen molar-refractivity contribution in [3.63, 3.8) is 0 Å². The van der Waals surface area contributed by atoms with Crippen LogP contribution in [0.15, 0.2) is 70.6 Å². The van der Waals surface area contributed by atoms with E-state index in [2.05, 4.69) is 17.2 Å². The Morgan fingerprint density at radius 3 is 2.47 bits per heavy atom. The maximum Gasteiger partial charge on any atom is 0.264 e. The Morgan fingerprint density at radius 1 is 1.09 bits per heavy atom. The van der Waals surface area contributed by atoms with Gasteiger partial charge in [-0.1, -0.05) is 42.8 Å². The number of nitrogens with one attached hydrogen (secondary N) is 1. The summed E-state index contributed by atoms with van der Waals surface area (Å²) >= 11 is 7.72. The Balaban J connectivity index is 1.51. The van der Waals surface area contributed by atoms with Crippen LogP contribution in [0.3, 0.4) is 0 Å². The first-order chi connectivity index (χ1) is 16.4. The zero-order valence-corrected chi connectivity index (χ0v) is 20.2. The quantitative estimate of drug-likeness (QED) is 0.378. The van der Waals surface area contributed by atoms with Gasteiger partial charge in [0.05, 0.1) is 22.7 Å². The maximum absolute atomic E-state index is 13.1. The molecule has 0 bridgehead atoms. The Kier molecular flexibility index (Phi) is 7.55. The molecule has 1 aliphatic heterocycles. The number of aryl methyl sites for hydroxylation is 1. The molecule has 0 aromatic heterocycles. The van der Waals surface area contributed by atoms with Crippen LogP contribution in [0.25, 0.3) is 6.08 Å². The minimum atomic E-state index is -0.312. The lowest BCUT2D eigenvalue weighted by Crippen LogP contribution is -2.19. The summed E-state index contributed by atoms with van der Waals surface area (Å²) in [5, 5.41) is 3.64. The number of carbonyl (C=O) groups excluding carboxylic acids is 1. The molecule has 174 valence electrons. The van der Waals surface area contributed by atoms with E-state index < -0.39 is 0 Å². The molecule has 0 saturated carbocycles. The topological polar surface area (TPSA) is 59.9 Å². The molecule has 1 aliphatic rings. The molecule has 4 rings (SSSR count). The second-order valence-electron chi connectivity index (χ2n) is 7.45. The minimum absolute atomic E-state index is 0.202. The van der Waals surface area contributed by atoms with Gasteiger partial charge in [0.2, 0.25) is 0 Å². The van der Waals surface area contributed by atoms with E-state index in [-0.39, 0.29) is 18.3 Å². The predicted molar refractivity (Wildman–Crippen MR) is 135 cm³/mol. The Bertz CT molecular complexity index is 1260. The van der Waals surface area contributed by atoms with Crippen molar-refractivity contribution in [1.29, 1.82) is 0 Å². The minimum Gasteiger partial charge on any atom is -0.493 e. The first-order valence-electron chi connectivity index (χ1n) is 10.6. The third kappa shape index (κ3) is 5.79. The number of amidine groups is 1. The zero-order valence-electron chi connectivity index (χ0n) is 18.6. The molecule has 1 amide bonds. The number of rotatable bonds is 7. The van der Waals surface area contributed by atoms with Gasteiger partial charge >= 0.3 is 0 Å². The monoisotopic (exact) mass is 496 g/mol. The number of hydrogen-bond acceptors (Lipinski definition) is 5. The van der Waals surface area contributed by atoms with Gasteiger partial charge < -0.3 is 14.8 Å². The van der Waals surface area contributed by atoms with Crippen molar-refractivity contribution in [1.82, 2.24) is 5.32 Å². The molecule has 0 aliphatic carbocycles. The maximum atomic E-state index is 13.1. The molecule has 1 fully saturated rings. The smallest absolute Gasteiger partial charge is 0.264 e. The number of carbonyl (C=O) groups is 1. The molecule has 8 heteroatoms. The summed E-state index contributed by atoms with van der Waals surface area (Å²) in [7, 11) is 1.51. The van der Waals surface area contributed by atoms with Crippen LogP contribution in [0.4, 0.5) is 10.1 Å². The van der Waals surface area contributed by atoms with E-state index in [1.54, 1.807) is 30.3 Å². The van der Waals surface area contributed by atoms with Crippen LogP contribution < -0.4 is 14.8 Å². The fraction of sp³-hybridized carbons (Fsp3) is 0.154. The molecule has 5 nitrogen and oxygen atoms in total. The number of benzene rings is 3. The van der Waals surface area contributed by atoms with Crippen molar-refractivity contribution in [3.05, 3.63) is 93.1 Å². The Labute approximate surface area is 206 Å². The number of ether oxygens (including phenoxy) is 2. The van der Waals surface area contributed by atoms with Crippen molar-refractivity contribution in [3.8, 4) is 11.5 Å². The molecule has 3 aromatic rings. The van der Waals surface area contributed by atoms with Crippen molar-refractivity contribution >= 4 is 46.2 Å². The van der Waals surface area contributed by atoms with E-state index in [0.29, 0.717) is 32.2 Å². The molecule has 1 N–H and O–H groups in total. The summed E-state index contributed by atoms with van der Waals surface area (Å²) < 4.78 is 24.4. The van der Waals surface area contributed by atoms with Gasteiger partial charge in [-0.05, 0) is 77.3 Å². The summed E-state index contributed by atoms with van der Waals surface area (Å²) in [6.07, 6.45) is 2.68. The number of aliphatic imine (C=N–C) groups is 1. The molecule has 1 saturated heterocycles. The Hall–Kier alpha value is -3.29. The number of hydrogen-bond donors (Lipinski definition) is 1. The van der Waals surface area contributed by atoms with Crippen LogP contribution >= 0.6 is 23.4 Å². The van der Waals surface area contributed by atoms with Crippen molar-refractivity contribution < 1.29 is 18.7 Å². The molecule has 34 heavy (non-hydrogen) atoms. The first kappa shape index (κ1) is 23.9. The molecule has 3 aromatic carbocycles.